The Morgan fingerprint density at radius 2 is 2.00 bits per heavy atom. The van der Waals surface area contributed by atoms with E-state index in [9.17, 15) is 0 Å². The number of nitrogens with two attached hydrogens (primary N) is 2. The number of allylic oxidation sites excluding steroid dienone is 5. The van der Waals surface area contributed by atoms with Gasteiger partial charge in [0.25, 0.3) is 0 Å². The lowest BCUT2D eigenvalue weighted by atomic mass is 10.0. The van der Waals surface area contributed by atoms with Gasteiger partial charge in [0, 0.05) is 5.56 Å². The predicted molar refractivity (Wildman–Crippen MR) is 68.3 cm³/mol. The topological polar surface area (TPSA) is 52.0 Å². The van der Waals surface area contributed by atoms with E-state index in [4.69, 9.17) is 11.5 Å². The van der Waals surface area contributed by atoms with Gasteiger partial charge in [-0.15, -0.1) is 0 Å². The molecule has 0 aromatic heterocycles. The second-order valence-corrected chi connectivity index (χ2v) is 3.28. The van der Waals surface area contributed by atoms with Gasteiger partial charge >= 0.3 is 0 Å². The third-order valence-electron chi connectivity index (χ3n) is 2.16. The van der Waals surface area contributed by atoms with Gasteiger partial charge in [0.1, 0.15) is 0 Å². The van der Waals surface area contributed by atoms with E-state index in [1.807, 2.05) is 37.3 Å². The second kappa shape index (κ2) is 5.05. The number of benzene rings is 1. The molecule has 0 aliphatic carbocycles. The monoisotopic (exact) mass is 200 g/mol. The summed E-state index contributed by atoms with van der Waals surface area (Å²) in [5.74, 6) is 0. The van der Waals surface area contributed by atoms with Crippen molar-refractivity contribution in [3.05, 3.63) is 54.6 Å². The molecule has 0 bridgehead atoms. The summed E-state index contributed by atoms with van der Waals surface area (Å²) >= 11 is 0. The second-order valence-electron chi connectivity index (χ2n) is 3.28. The molecule has 0 saturated carbocycles. The standard InChI is InChI=1S/C13H16N2/c1-3-4-5-7-10(2)11-8-6-9-12(14)13(11)15/h3-9H,1,14-15H2,2H3/b5-4-,10-7+. The van der Waals surface area contributed by atoms with Gasteiger partial charge in [-0.05, 0) is 18.6 Å². The van der Waals surface area contributed by atoms with Crippen molar-refractivity contribution in [3.63, 3.8) is 0 Å². The minimum Gasteiger partial charge on any atom is -0.397 e. The van der Waals surface area contributed by atoms with E-state index in [1.54, 1.807) is 12.1 Å². The first-order valence-corrected chi connectivity index (χ1v) is 4.77. The fourth-order valence-electron chi connectivity index (χ4n) is 1.30. The van der Waals surface area contributed by atoms with Gasteiger partial charge in [-0.3, -0.25) is 0 Å². The Bertz CT molecular complexity index is 415. The predicted octanol–water partition coefficient (Wildman–Crippen LogP) is 3.00. The molecule has 0 radical (unpaired) electrons. The molecule has 2 nitrogen and oxygen atoms in total. The average Bonchev–Trinajstić information content (AvgIpc) is 2.22. The van der Waals surface area contributed by atoms with Crippen molar-refractivity contribution >= 4 is 16.9 Å². The Labute approximate surface area is 90.6 Å². The van der Waals surface area contributed by atoms with Crippen molar-refractivity contribution in [1.29, 1.82) is 0 Å². The quantitative estimate of drug-likeness (QED) is 0.582. The lowest BCUT2D eigenvalue weighted by molar-refractivity contribution is 1.55. The van der Waals surface area contributed by atoms with Gasteiger partial charge in [0.2, 0.25) is 0 Å². The summed E-state index contributed by atoms with van der Waals surface area (Å²) in [6, 6.07) is 5.65. The van der Waals surface area contributed by atoms with Crippen LogP contribution in [0.3, 0.4) is 0 Å². The number of anilines is 2. The van der Waals surface area contributed by atoms with Gasteiger partial charge in [0.15, 0.2) is 0 Å². The van der Waals surface area contributed by atoms with E-state index in [2.05, 4.69) is 6.58 Å². The number of rotatable bonds is 3. The van der Waals surface area contributed by atoms with Gasteiger partial charge in [-0.2, -0.15) is 0 Å². The Balaban J connectivity index is 3.05. The largest absolute Gasteiger partial charge is 0.397 e. The SMILES string of the molecule is C=C/C=C\C=C(/C)c1cccc(N)c1N. The smallest absolute Gasteiger partial charge is 0.0624 e. The van der Waals surface area contributed by atoms with Crippen molar-refractivity contribution in [2.24, 2.45) is 0 Å². The molecular formula is C13H16N2. The molecule has 2 heteroatoms. The maximum Gasteiger partial charge on any atom is 0.0624 e. The van der Waals surface area contributed by atoms with Crippen LogP contribution < -0.4 is 11.5 Å². The molecule has 0 aliphatic rings. The lowest BCUT2D eigenvalue weighted by Gasteiger charge is -2.07. The van der Waals surface area contributed by atoms with Gasteiger partial charge < -0.3 is 11.5 Å². The lowest BCUT2D eigenvalue weighted by Crippen LogP contribution is -1.98. The van der Waals surface area contributed by atoms with Crippen LogP contribution in [0, 0.1) is 0 Å². The fourth-order valence-corrected chi connectivity index (χ4v) is 1.30. The molecule has 15 heavy (non-hydrogen) atoms. The summed E-state index contributed by atoms with van der Waals surface area (Å²) in [5.41, 5.74) is 14.9. The Morgan fingerprint density at radius 3 is 2.67 bits per heavy atom. The average molecular weight is 200 g/mol. The molecule has 0 atom stereocenters. The molecule has 4 N–H and O–H groups in total. The molecule has 78 valence electrons. The molecule has 0 heterocycles. The molecule has 0 spiro atoms. The van der Waals surface area contributed by atoms with E-state index in [0.717, 1.165) is 11.1 Å². The molecule has 1 rings (SSSR count). The third-order valence-corrected chi connectivity index (χ3v) is 2.16. The first-order chi connectivity index (χ1) is 7.16. The van der Waals surface area contributed by atoms with E-state index in [-0.39, 0.29) is 0 Å². The Morgan fingerprint density at radius 1 is 1.27 bits per heavy atom. The summed E-state index contributed by atoms with van der Waals surface area (Å²) < 4.78 is 0. The molecule has 0 saturated heterocycles. The van der Waals surface area contributed by atoms with Crippen LogP contribution in [0.5, 0.6) is 0 Å². The van der Waals surface area contributed by atoms with Crippen LogP contribution >= 0.6 is 0 Å². The molecular weight excluding hydrogens is 184 g/mol. The highest BCUT2D eigenvalue weighted by Gasteiger charge is 2.02. The molecule has 0 amide bonds. The zero-order valence-corrected chi connectivity index (χ0v) is 8.90. The van der Waals surface area contributed by atoms with E-state index in [0.29, 0.717) is 11.4 Å². The minimum absolute atomic E-state index is 0.618. The number of hydrogen-bond donors (Lipinski definition) is 2. The normalized spacial score (nSPS) is 11.9. The minimum atomic E-state index is 0.618. The highest BCUT2D eigenvalue weighted by atomic mass is 14.7. The number of nitrogen functional groups attached to an aromatic ring is 2. The van der Waals surface area contributed by atoms with E-state index in [1.165, 1.54) is 0 Å². The van der Waals surface area contributed by atoms with Crippen LogP contribution in [0.4, 0.5) is 11.4 Å². The van der Waals surface area contributed by atoms with Crippen molar-refractivity contribution in [1.82, 2.24) is 0 Å². The molecule has 1 aromatic rings. The van der Waals surface area contributed by atoms with E-state index < -0.39 is 0 Å². The summed E-state index contributed by atoms with van der Waals surface area (Å²) in [6.45, 7) is 5.60. The Kier molecular flexibility index (Phi) is 3.75. The van der Waals surface area contributed by atoms with Crippen LogP contribution in [-0.4, -0.2) is 0 Å². The van der Waals surface area contributed by atoms with Crippen LogP contribution in [0.2, 0.25) is 0 Å². The highest BCUT2D eigenvalue weighted by Crippen LogP contribution is 2.25. The first-order valence-electron chi connectivity index (χ1n) is 4.77. The molecule has 0 aliphatic heterocycles. The van der Waals surface area contributed by atoms with Crippen molar-refractivity contribution < 1.29 is 0 Å². The zero-order valence-electron chi connectivity index (χ0n) is 8.90. The third kappa shape index (κ3) is 2.74. The van der Waals surface area contributed by atoms with Crippen LogP contribution in [0.15, 0.2) is 49.1 Å². The van der Waals surface area contributed by atoms with E-state index >= 15 is 0 Å². The zero-order chi connectivity index (χ0) is 11.3. The maximum absolute atomic E-state index is 5.88. The van der Waals surface area contributed by atoms with Crippen molar-refractivity contribution in [2.75, 3.05) is 11.5 Å². The number of hydrogen-bond acceptors (Lipinski definition) is 2. The molecule has 1 aromatic carbocycles. The maximum atomic E-state index is 5.88. The van der Waals surface area contributed by atoms with Gasteiger partial charge in [-0.25, -0.2) is 0 Å². The summed E-state index contributed by atoms with van der Waals surface area (Å²) in [4.78, 5) is 0. The van der Waals surface area contributed by atoms with Crippen LogP contribution in [0.25, 0.3) is 5.57 Å². The van der Waals surface area contributed by atoms with Crippen LogP contribution in [0.1, 0.15) is 12.5 Å². The fraction of sp³-hybridized carbons (Fsp3) is 0.0769. The first kappa shape index (κ1) is 11.1. The highest BCUT2D eigenvalue weighted by molar-refractivity contribution is 5.81. The van der Waals surface area contributed by atoms with Crippen LogP contribution in [-0.2, 0) is 0 Å². The summed E-state index contributed by atoms with van der Waals surface area (Å²) in [6.07, 6.45) is 7.50. The van der Waals surface area contributed by atoms with Gasteiger partial charge in [-0.1, -0.05) is 43.0 Å². The number of para-hydroxylation sites is 1. The molecule has 0 unspecified atom stereocenters. The molecule has 0 fully saturated rings. The van der Waals surface area contributed by atoms with Crippen molar-refractivity contribution in [2.45, 2.75) is 6.92 Å². The Hall–Kier alpha value is -1.96. The summed E-state index contributed by atoms with van der Waals surface area (Å²) in [5, 5.41) is 0. The van der Waals surface area contributed by atoms with Gasteiger partial charge in [0.05, 0.1) is 11.4 Å². The van der Waals surface area contributed by atoms with Crippen molar-refractivity contribution in [3.8, 4) is 0 Å². The summed E-state index contributed by atoms with van der Waals surface area (Å²) in [7, 11) is 0.